The topological polar surface area (TPSA) is 214 Å². The van der Waals surface area contributed by atoms with E-state index < -0.39 is 60.2 Å². The maximum Gasteiger partial charge on any atom is 0.326 e. The molecule has 0 rings (SSSR count). The van der Waals surface area contributed by atoms with Gasteiger partial charge in [0.25, 0.3) is 0 Å². The third kappa shape index (κ3) is 10.7. The van der Waals surface area contributed by atoms with Gasteiger partial charge in [0.2, 0.25) is 17.7 Å². The lowest BCUT2D eigenvalue weighted by Gasteiger charge is -2.23. The average Bonchev–Trinajstić information content (AvgIpc) is 2.65. The van der Waals surface area contributed by atoms with Gasteiger partial charge in [-0.3, -0.25) is 19.2 Å². The largest absolute Gasteiger partial charge is 0.481 e. The molecule has 0 aromatic rings. The van der Waals surface area contributed by atoms with Gasteiger partial charge in [0.1, 0.15) is 18.1 Å². The van der Waals surface area contributed by atoms with E-state index in [-0.39, 0.29) is 12.2 Å². The van der Waals surface area contributed by atoms with E-state index in [1.54, 1.807) is 0 Å². The quantitative estimate of drug-likeness (QED) is 0.106. The number of hydrogen-bond acceptors (Lipinski definition) is 8. The summed E-state index contributed by atoms with van der Waals surface area (Å²) in [5.41, 5.74) is 10.9. The molecule has 0 saturated heterocycles. The Balaban J connectivity index is 5.12. The summed E-state index contributed by atoms with van der Waals surface area (Å²) >= 11 is 3.89. The fourth-order valence-electron chi connectivity index (χ4n) is 2.17. The van der Waals surface area contributed by atoms with Crippen LogP contribution in [0.5, 0.6) is 0 Å². The molecule has 0 radical (unpaired) electrons. The normalized spacial score (nSPS) is 14.8. The van der Waals surface area contributed by atoms with Crippen LogP contribution < -0.4 is 27.4 Å². The van der Waals surface area contributed by atoms with Crippen LogP contribution >= 0.6 is 12.6 Å². The molecule has 29 heavy (non-hydrogen) atoms. The van der Waals surface area contributed by atoms with Crippen LogP contribution in [-0.2, 0) is 24.0 Å². The highest BCUT2D eigenvalue weighted by atomic mass is 32.1. The highest BCUT2D eigenvalue weighted by Crippen LogP contribution is 2.04. The van der Waals surface area contributed by atoms with Gasteiger partial charge in [-0.15, -0.1) is 0 Å². The number of nitrogens with two attached hydrogens (primary N) is 2. The number of carbonyl (C=O) groups is 5. The standard InChI is InChI=1S/C16H29N5O7S/c1-8(19-14(25)9(18)7-29)13(24)20-10(4-2-3-5-17)15(26)21-11(16(27)28)6-12(22)23/h8-11,29H,2-7,17-18H2,1H3,(H,19,25)(H,20,24)(H,21,26)(H,22,23)(H,27,28). The van der Waals surface area contributed by atoms with E-state index in [1.807, 2.05) is 0 Å². The Morgan fingerprint density at radius 1 is 0.931 bits per heavy atom. The van der Waals surface area contributed by atoms with E-state index in [1.165, 1.54) is 6.92 Å². The molecule has 0 saturated carbocycles. The number of carbonyl (C=O) groups excluding carboxylic acids is 3. The number of rotatable bonds is 14. The maximum absolute atomic E-state index is 12.4. The van der Waals surface area contributed by atoms with Gasteiger partial charge in [-0.05, 0) is 32.7 Å². The molecule has 12 nitrogen and oxygen atoms in total. The Labute approximate surface area is 173 Å². The molecule has 0 spiro atoms. The third-order valence-electron chi connectivity index (χ3n) is 3.86. The molecule has 0 aromatic heterocycles. The Hall–Kier alpha value is -2.38. The summed E-state index contributed by atoms with van der Waals surface area (Å²) < 4.78 is 0. The lowest BCUT2D eigenvalue weighted by atomic mass is 10.1. The number of carboxylic acid groups (broad SMARTS) is 2. The van der Waals surface area contributed by atoms with Crippen molar-refractivity contribution in [3.8, 4) is 0 Å². The third-order valence-corrected chi connectivity index (χ3v) is 4.25. The van der Waals surface area contributed by atoms with Crippen molar-refractivity contribution < 1.29 is 34.2 Å². The summed E-state index contributed by atoms with van der Waals surface area (Å²) in [7, 11) is 0. The Morgan fingerprint density at radius 2 is 1.52 bits per heavy atom. The minimum absolute atomic E-state index is 0.0739. The molecule has 3 amide bonds. The molecule has 0 aliphatic carbocycles. The van der Waals surface area contributed by atoms with Crippen LogP contribution in [0.1, 0.15) is 32.6 Å². The van der Waals surface area contributed by atoms with Gasteiger partial charge < -0.3 is 37.6 Å². The van der Waals surface area contributed by atoms with E-state index >= 15 is 0 Å². The molecule has 0 bridgehead atoms. The van der Waals surface area contributed by atoms with Gasteiger partial charge in [0, 0.05) is 5.75 Å². The van der Waals surface area contributed by atoms with Gasteiger partial charge in [-0.25, -0.2) is 4.79 Å². The molecule has 166 valence electrons. The van der Waals surface area contributed by atoms with Gasteiger partial charge in [-0.2, -0.15) is 12.6 Å². The Morgan fingerprint density at radius 3 is 2.00 bits per heavy atom. The van der Waals surface area contributed by atoms with Crippen molar-refractivity contribution in [1.29, 1.82) is 0 Å². The molecule has 0 aliphatic rings. The van der Waals surface area contributed by atoms with Crippen molar-refractivity contribution in [3.63, 3.8) is 0 Å². The molecule has 0 aromatic carbocycles. The Kier molecular flexibility index (Phi) is 12.6. The highest BCUT2D eigenvalue weighted by Gasteiger charge is 2.29. The highest BCUT2D eigenvalue weighted by molar-refractivity contribution is 7.80. The first-order valence-corrected chi connectivity index (χ1v) is 9.58. The molecular formula is C16H29N5O7S. The summed E-state index contributed by atoms with van der Waals surface area (Å²) in [6.07, 6.45) is 0.334. The predicted octanol–water partition coefficient (Wildman–Crippen LogP) is -2.59. The van der Waals surface area contributed by atoms with Crippen LogP contribution in [-0.4, -0.2) is 76.3 Å². The van der Waals surface area contributed by atoms with E-state index in [0.29, 0.717) is 19.4 Å². The molecule has 0 heterocycles. The van der Waals surface area contributed by atoms with E-state index in [9.17, 15) is 24.0 Å². The SMILES string of the molecule is CC(NC(=O)C(N)CS)C(=O)NC(CCCCN)C(=O)NC(CC(=O)O)C(=O)O. The fourth-order valence-corrected chi connectivity index (χ4v) is 2.34. The first kappa shape index (κ1) is 26.6. The first-order valence-electron chi connectivity index (χ1n) is 8.95. The zero-order chi connectivity index (χ0) is 22.6. The summed E-state index contributed by atoms with van der Waals surface area (Å²) in [5, 5.41) is 24.7. The molecule has 13 heteroatoms. The first-order chi connectivity index (χ1) is 13.5. The minimum Gasteiger partial charge on any atom is -0.481 e. The van der Waals surface area contributed by atoms with Crippen LogP contribution in [0.3, 0.4) is 0 Å². The van der Waals surface area contributed by atoms with Crippen LogP contribution in [0.4, 0.5) is 0 Å². The number of carboxylic acids is 2. The summed E-state index contributed by atoms with van der Waals surface area (Å²) in [4.78, 5) is 58.5. The summed E-state index contributed by atoms with van der Waals surface area (Å²) in [6, 6.07) is -4.72. The summed E-state index contributed by atoms with van der Waals surface area (Å²) in [6.45, 7) is 1.74. The van der Waals surface area contributed by atoms with Crippen molar-refractivity contribution in [3.05, 3.63) is 0 Å². The smallest absolute Gasteiger partial charge is 0.326 e. The van der Waals surface area contributed by atoms with Crippen molar-refractivity contribution in [1.82, 2.24) is 16.0 Å². The fraction of sp³-hybridized carbons (Fsp3) is 0.688. The zero-order valence-electron chi connectivity index (χ0n) is 16.1. The van der Waals surface area contributed by atoms with Crippen molar-refractivity contribution in [2.75, 3.05) is 12.3 Å². The molecule has 4 unspecified atom stereocenters. The number of nitrogens with one attached hydrogen (secondary N) is 3. The molecule has 9 N–H and O–H groups in total. The number of amides is 3. The van der Waals surface area contributed by atoms with E-state index in [2.05, 4.69) is 28.6 Å². The molecule has 4 atom stereocenters. The Bertz CT molecular complexity index is 604. The molecule has 0 fully saturated rings. The van der Waals surface area contributed by atoms with E-state index in [0.717, 1.165) is 0 Å². The van der Waals surface area contributed by atoms with Gasteiger partial charge in [0.05, 0.1) is 12.5 Å². The van der Waals surface area contributed by atoms with Crippen molar-refractivity contribution in [2.45, 2.75) is 56.8 Å². The maximum atomic E-state index is 12.4. The van der Waals surface area contributed by atoms with Crippen LogP contribution in [0, 0.1) is 0 Å². The number of hydrogen-bond donors (Lipinski definition) is 8. The number of thiol groups is 1. The van der Waals surface area contributed by atoms with Crippen LogP contribution in [0.2, 0.25) is 0 Å². The van der Waals surface area contributed by atoms with Crippen LogP contribution in [0.25, 0.3) is 0 Å². The van der Waals surface area contributed by atoms with Gasteiger partial charge in [-0.1, -0.05) is 0 Å². The lowest BCUT2D eigenvalue weighted by Crippen LogP contribution is -2.56. The molecular weight excluding hydrogens is 406 g/mol. The second-order valence-corrected chi connectivity index (χ2v) is 6.73. The molecule has 0 aliphatic heterocycles. The predicted molar refractivity (Wildman–Crippen MR) is 106 cm³/mol. The van der Waals surface area contributed by atoms with E-state index in [4.69, 9.17) is 21.7 Å². The van der Waals surface area contributed by atoms with Gasteiger partial charge >= 0.3 is 11.9 Å². The lowest BCUT2D eigenvalue weighted by molar-refractivity contribution is -0.147. The monoisotopic (exact) mass is 435 g/mol. The second kappa shape index (κ2) is 13.7. The minimum atomic E-state index is -1.65. The van der Waals surface area contributed by atoms with Crippen LogP contribution in [0.15, 0.2) is 0 Å². The van der Waals surface area contributed by atoms with Crippen molar-refractivity contribution >= 4 is 42.3 Å². The second-order valence-electron chi connectivity index (χ2n) is 6.36. The average molecular weight is 436 g/mol. The number of unbranched alkanes of at least 4 members (excludes halogenated alkanes) is 1. The summed E-state index contributed by atoms with van der Waals surface area (Å²) in [5.74, 6) is -4.99. The van der Waals surface area contributed by atoms with Gasteiger partial charge in [0.15, 0.2) is 0 Å². The zero-order valence-corrected chi connectivity index (χ0v) is 17.0. The van der Waals surface area contributed by atoms with Crippen molar-refractivity contribution in [2.24, 2.45) is 11.5 Å². The number of aliphatic carboxylic acids is 2.